The number of ether oxygens (including phenoxy) is 1. The number of aliphatic hydroxyl groups is 1. The number of rotatable bonds is 4. The molecule has 0 heterocycles. The molecule has 22 heavy (non-hydrogen) atoms. The number of alkyl halides is 2. The summed E-state index contributed by atoms with van der Waals surface area (Å²) in [5, 5.41) is 11.1. The summed E-state index contributed by atoms with van der Waals surface area (Å²) in [6, 6.07) is 3.41. The van der Waals surface area contributed by atoms with Crippen LogP contribution in [-0.4, -0.2) is 18.1 Å². The number of hydrogen-bond acceptors (Lipinski definition) is 2. The minimum absolute atomic E-state index is 0.220. The van der Waals surface area contributed by atoms with Gasteiger partial charge in [-0.2, -0.15) is 0 Å². The minimum atomic E-state index is -3.23. The van der Waals surface area contributed by atoms with Crippen LogP contribution in [0.5, 0.6) is 5.75 Å². The molecule has 2 rings (SSSR count). The Balaban J connectivity index is 2.61. The molecule has 1 atom stereocenters. The predicted octanol–water partition coefficient (Wildman–Crippen LogP) is 4.74. The maximum Gasteiger partial charge on any atom is 0.278 e. The van der Waals surface area contributed by atoms with Crippen molar-refractivity contribution in [2.75, 3.05) is 7.11 Å². The van der Waals surface area contributed by atoms with E-state index in [0.29, 0.717) is 18.6 Å². The van der Waals surface area contributed by atoms with Crippen molar-refractivity contribution in [1.82, 2.24) is 0 Å². The van der Waals surface area contributed by atoms with Gasteiger partial charge in [0.1, 0.15) is 5.75 Å². The second-order valence-electron chi connectivity index (χ2n) is 6.63. The highest BCUT2D eigenvalue weighted by Crippen LogP contribution is 2.51. The molecule has 1 aliphatic rings. The second-order valence-corrected chi connectivity index (χ2v) is 6.63. The van der Waals surface area contributed by atoms with Crippen LogP contribution in [0.25, 0.3) is 0 Å². The van der Waals surface area contributed by atoms with Gasteiger partial charge in [0.05, 0.1) is 7.11 Å². The van der Waals surface area contributed by atoms with E-state index in [2.05, 4.69) is 0 Å². The molecule has 0 aliphatic heterocycles. The summed E-state index contributed by atoms with van der Waals surface area (Å²) in [6.07, 6.45) is 4.06. The van der Waals surface area contributed by atoms with Gasteiger partial charge in [0.2, 0.25) is 0 Å². The van der Waals surface area contributed by atoms with E-state index in [9.17, 15) is 13.9 Å². The average Bonchev–Trinajstić information content (AvgIpc) is 2.48. The molecule has 1 unspecified atom stereocenters. The van der Waals surface area contributed by atoms with Crippen molar-refractivity contribution in [1.29, 1.82) is 0 Å². The van der Waals surface area contributed by atoms with Crippen LogP contribution in [-0.2, 0) is 5.60 Å². The molecule has 1 aromatic rings. The fourth-order valence-electron chi connectivity index (χ4n) is 3.59. The number of benzene rings is 1. The van der Waals surface area contributed by atoms with Gasteiger partial charge in [-0.15, -0.1) is 0 Å². The Bertz CT molecular complexity index is 531. The van der Waals surface area contributed by atoms with Gasteiger partial charge in [-0.1, -0.05) is 19.3 Å². The lowest BCUT2D eigenvalue weighted by Gasteiger charge is -2.43. The molecule has 4 heteroatoms. The van der Waals surface area contributed by atoms with E-state index in [0.717, 1.165) is 37.3 Å². The van der Waals surface area contributed by atoms with Gasteiger partial charge in [-0.05, 0) is 55.9 Å². The molecule has 0 spiro atoms. The number of halogens is 2. The Morgan fingerprint density at radius 3 is 2.14 bits per heavy atom. The van der Waals surface area contributed by atoms with Crippen molar-refractivity contribution < 1.29 is 18.6 Å². The first-order valence-corrected chi connectivity index (χ1v) is 7.97. The van der Waals surface area contributed by atoms with Crippen LogP contribution in [0.2, 0.25) is 0 Å². The fraction of sp³-hybridized carbons (Fsp3) is 0.667. The van der Waals surface area contributed by atoms with Crippen molar-refractivity contribution in [3.63, 3.8) is 0 Å². The molecular formula is C18H26F2O2. The third kappa shape index (κ3) is 2.85. The van der Waals surface area contributed by atoms with Gasteiger partial charge in [-0.25, -0.2) is 8.78 Å². The molecule has 1 saturated carbocycles. The topological polar surface area (TPSA) is 29.5 Å². The Morgan fingerprint density at radius 1 is 1.09 bits per heavy atom. The Morgan fingerprint density at radius 2 is 1.64 bits per heavy atom. The quantitative estimate of drug-likeness (QED) is 0.870. The molecule has 1 N–H and O–H groups in total. The summed E-state index contributed by atoms with van der Waals surface area (Å²) < 4.78 is 34.3. The first-order valence-electron chi connectivity index (χ1n) is 7.97. The first-order chi connectivity index (χ1) is 10.2. The molecule has 1 aromatic carbocycles. The molecule has 1 aliphatic carbocycles. The van der Waals surface area contributed by atoms with Crippen LogP contribution in [0, 0.1) is 19.8 Å². The van der Waals surface area contributed by atoms with Crippen molar-refractivity contribution in [3.05, 3.63) is 28.8 Å². The van der Waals surface area contributed by atoms with Crippen molar-refractivity contribution in [2.24, 2.45) is 5.92 Å². The molecule has 2 nitrogen and oxygen atoms in total. The molecule has 0 aromatic heterocycles. The van der Waals surface area contributed by atoms with E-state index in [4.69, 9.17) is 4.74 Å². The number of methoxy groups -OCH3 is 1. The van der Waals surface area contributed by atoms with Crippen molar-refractivity contribution in [2.45, 2.75) is 64.4 Å². The Labute approximate surface area is 131 Å². The van der Waals surface area contributed by atoms with Crippen LogP contribution >= 0.6 is 0 Å². The normalized spacial score (nSPS) is 19.8. The standard InChI is InChI=1S/C18H26F2O2/c1-12-10-15(16(22-4)11-13(12)2)18(21,17(3,19)20)14-8-6-5-7-9-14/h10-11,14,21H,5-9H2,1-4H3. The molecule has 1 fully saturated rings. The predicted molar refractivity (Wildman–Crippen MR) is 83.6 cm³/mol. The van der Waals surface area contributed by atoms with Crippen LogP contribution in [0.1, 0.15) is 55.7 Å². The number of aryl methyl sites for hydroxylation is 2. The zero-order valence-electron chi connectivity index (χ0n) is 13.9. The highest BCUT2D eigenvalue weighted by atomic mass is 19.3. The van der Waals surface area contributed by atoms with E-state index in [1.807, 2.05) is 13.8 Å². The zero-order valence-corrected chi connectivity index (χ0v) is 13.9. The molecule has 0 bridgehead atoms. The SMILES string of the molecule is COc1cc(C)c(C)cc1C(O)(C1CCCCC1)C(C)(F)F. The van der Waals surface area contributed by atoms with Crippen molar-refractivity contribution >= 4 is 0 Å². The Kier molecular flexibility index (Phi) is 4.81. The van der Waals surface area contributed by atoms with E-state index in [1.54, 1.807) is 12.1 Å². The highest BCUT2D eigenvalue weighted by molar-refractivity contribution is 5.46. The maximum absolute atomic E-state index is 14.5. The number of hydrogen-bond donors (Lipinski definition) is 1. The van der Waals surface area contributed by atoms with E-state index < -0.39 is 17.4 Å². The fourth-order valence-corrected chi connectivity index (χ4v) is 3.59. The summed E-state index contributed by atoms with van der Waals surface area (Å²) in [5.74, 6) is -3.33. The highest BCUT2D eigenvalue weighted by Gasteiger charge is 2.56. The van der Waals surface area contributed by atoms with Crippen LogP contribution in [0.4, 0.5) is 8.78 Å². The van der Waals surface area contributed by atoms with Gasteiger partial charge < -0.3 is 9.84 Å². The lowest BCUT2D eigenvalue weighted by Crippen LogP contribution is -2.50. The first kappa shape index (κ1) is 17.2. The van der Waals surface area contributed by atoms with E-state index in [-0.39, 0.29) is 5.56 Å². The minimum Gasteiger partial charge on any atom is -0.496 e. The monoisotopic (exact) mass is 312 g/mol. The van der Waals surface area contributed by atoms with Crippen molar-refractivity contribution in [3.8, 4) is 5.75 Å². The van der Waals surface area contributed by atoms with Crippen LogP contribution in [0.3, 0.4) is 0 Å². The van der Waals surface area contributed by atoms with Gasteiger partial charge in [-0.3, -0.25) is 0 Å². The third-order valence-corrected chi connectivity index (χ3v) is 5.09. The third-order valence-electron chi connectivity index (χ3n) is 5.09. The molecular weight excluding hydrogens is 286 g/mol. The molecule has 0 radical (unpaired) electrons. The lowest BCUT2D eigenvalue weighted by molar-refractivity contribution is -0.211. The Hall–Kier alpha value is -1.16. The van der Waals surface area contributed by atoms with Gasteiger partial charge in [0.15, 0.2) is 5.60 Å². The summed E-state index contributed by atoms with van der Waals surface area (Å²) in [4.78, 5) is 0. The van der Waals surface area contributed by atoms with Gasteiger partial charge in [0.25, 0.3) is 5.92 Å². The van der Waals surface area contributed by atoms with Crippen LogP contribution < -0.4 is 4.74 Å². The lowest BCUT2D eigenvalue weighted by atomic mass is 9.69. The largest absolute Gasteiger partial charge is 0.496 e. The smallest absolute Gasteiger partial charge is 0.278 e. The average molecular weight is 312 g/mol. The molecule has 0 amide bonds. The second kappa shape index (κ2) is 6.15. The molecule has 0 saturated heterocycles. The molecule has 124 valence electrons. The van der Waals surface area contributed by atoms with Gasteiger partial charge >= 0.3 is 0 Å². The summed E-state index contributed by atoms with van der Waals surface area (Å²) >= 11 is 0. The maximum atomic E-state index is 14.5. The summed E-state index contributed by atoms with van der Waals surface area (Å²) in [5.41, 5.74) is -0.116. The van der Waals surface area contributed by atoms with E-state index >= 15 is 0 Å². The van der Waals surface area contributed by atoms with Gasteiger partial charge in [0, 0.05) is 12.5 Å². The van der Waals surface area contributed by atoms with E-state index in [1.165, 1.54) is 7.11 Å². The summed E-state index contributed by atoms with van der Waals surface area (Å²) in [6.45, 7) is 4.59. The zero-order chi connectivity index (χ0) is 16.5. The van der Waals surface area contributed by atoms with Crippen LogP contribution in [0.15, 0.2) is 12.1 Å². The summed E-state index contributed by atoms with van der Waals surface area (Å²) in [7, 11) is 1.46.